The lowest BCUT2D eigenvalue weighted by atomic mass is 10.1. The van der Waals surface area contributed by atoms with E-state index in [1.54, 1.807) is 18.9 Å². The van der Waals surface area contributed by atoms with Crippen molar-refractivity contribution in [2.45, 2.75) is 96.9 Å². The van der Waals surface area contributed by atoms with Crippen molar-refractivity contribution in [2.75, 3.05) is 24.9 Å². The lowest BCUT2D eigenvalue weighted by Crippen LogP contribution is -2.15. The average molecular weight is 634 g/mol. The number of nitrogens with zero attached hydrogens (tertiary/aromatic N) is 1. The first-order chi connectivity index (χ1) is 19.2. The average Bonchev–Trinajstić information content (AvgIpc) is 3.45. The van der Waals surface area contributed by atoms with E-state index in [1.807, 2.05) is 36.4 Å². The van der Waals surface area contributed by atoms with Crippen molar-refractivity contribution >= 4 is 40.3 Å². The highest BCUT2D eigenvalue weighted by Crippen LogP contribution is 2.29. The van der Waals surface area contributed by atoms with E-state index < -0.39 is 0 Å². The number of carbonyl (C=O) groups excluding carboxylic acids is 1. The largest absolute Gasteiger partial charge is 0.493 e. The Morgan fingerprint density at radius 1 is 0.875 bits per heavy atom. The van der Waals surface area contributed by atoms with Gasteiger partial charge < -0.3 is 19.7 Å². The van der Waals surface area contributed by atoms with Gasteiger partial charge in [0.2, 0.25) is 5.91 Å². The van der Waals surface area contributed by atoms with Crippen LogP contribution >= 0.6 is 28.7 Å². The van der Waals surface area contributed by atoms with Gasteiger partial charge >= 0.3 is 0 Å². The number of benzene rings is 2. The molecule has 0 saturated heterocycles. The van der Waals surface area contributed by atoms with Gasteiger partial charge in [-0.25, -0.2) is 0 Å². The molecule has 0 radical (unpaired) electrons. The molecule has 3 rings (SSSR count). The Labute approximate surface area is 257 Å². The Kier molecular flexibility index (Phi) is 17.6. The molecule has 0 aliphatic carbocycles. The van der Waals surface area contributed by atoms with Gasteiger partial charge in [0, 0.05) is 18.4 Å². The predicted molar refractivity (Wildman–Crippen MR) is 176 cm³/mol. The molecule has 40 heavy (non-hydrogen) atoms. The van der Waals surface area contributed by atoms with E-state index in [0.717, 1.165) is 35.8 Å². The second-order valence-corrected chi connectivity index (χ2v) is 11.3. The van der Waals surface area contributed by atoms with Crippen molar-refractivity contribution in [2.24, 2.45) is 0 Å². The van der Waals surface area contributed by atoms with E-state index in [-0.39, 0.29) is 29.3 Å². The summed E-state index contributed by atoms with van der Waals surface area (Å²) >= 11 is 1.79. The van der Waals surface area contributed by atoms with Crippen molar-refractivity contribution in [3.63, 3.8) is 0 Å². The normalized spacial score (nSPS) is 12.3. The minimum absolute atomic E-state index is 0. The van der Waals surface area contributed by atoms with E-state index in [0.29, 0.717) is 12.4 Å². The van der Waals surface area contributed by atoms with Crippen molar-refractivity contribution in [1.29, 1.82) is 0 Å². The van der Waals surface area contributed by atoms with Gasteiger partial charge in [0.05, 0.1) is 26.0 Å². The summed E-state index contributed by atoms with van der Waals surface area (Å²) in [6.07, 6.45) is 18.3. The third-order valence-electron chi connectivity index (χ3n) is 7.05. The van der Waals surface area contributed by atoms with Crippen molar-refractivity contribution < 1.29 is 14.3 Å². The molecule has 1 aliphatic rings. The van der Waals surface area contributed by atoms with Crippen LogP contribution in [0.5, 0.6) is 11.5 Å². The summed E-state index contributed by atoms with van der Waals surface area (Å²) in [6, 6.07) is 13.8. The number of nitrogens with one attached hydrogen (secondary N) is 1. The molecule has 1 aliphatic heterocycles. The van der Waals surface area contributed by atoms with Gasteiger partial charge in [-0.2, -0.15) is 0 Å². The Morgan fingerprint density at radius 2 is 1.57 bits per heavy atom. The van der Waals surface area contributed by atoms with Crippen LogP contribution in [0.2, 0.25) is 0 Å². The molecule has 0 unspecified atom stereocenters. The van der Waals surface area contributed by atoms with Crippen LogP contribution in [-0.4, -0.2) is 30.4 Å². The Hall–Kier alpha value is -2.12. The zero-order valence-electron chi connectivity index (χ0n) is 24.5. The number of amides is 1. The molecule has 0 atom stereocenters. The predicted octanol–water partition coefficient (Wildman–Crippen LogP) is 9.51. The minimum Gasteiger partial charge on any atom is -0.493 e. The third kappa shape index (κ3) is 13.5. The number of methoxy groups -OCH3 is 1. The van der Waals surface area contributed by atoms with Crippen LogP contribution in [-0.2, 0) is 17.8 Å². The number of halogens is 1. The molecular formula is C33H49BrN2O3S. The fraction of sp³-hybridized carbons (Fsp3) is 0.545. The van der Waals surface area contributed by atoms with Gasteiger partial charge in [0.1, 0.15) is 0 Å². The molecule has 0 aromatic heterocycles. The molecule has 1 amide bonds. The van der Waals surface area contributed by atoms with Gasteiger partial charge in [-0.3, -0.25) is 4.79 Å². The number of hydrogen-bond acceptors (Lipinski definition) is 5. The molecule has 1 heterocycles. The molecule has 0 fully saturated rings. The lowest BCUT2D eigenvalue weighted by Gasteiger charge is -2.15. The Bertz CT molecular complexity index is 1020. The number of carbonyl (C=O) groups is 1. The van der Waals surface area contributed by atoms with Gasteiger partial charge in [-0.15, -0.1) is 28.7 Å². The zero-order chi connectivity index (χ0) is 27.5. The maximum atomic E-state index is 12.7. The highest BCUT2D eigenvalue weighted by Gasteiger charge is 2.11. The van der Waals surface area contributed by atoms with Crippen LogP contribution in [0.25, 0.3) is 0 Å². The number of anilines is 1. The summed E-state index contributed by atoms with van der Waals surface area (Å²) in [5, 5.41) is 5.14. The molecule has 1 N–H and O–H groups in total. The Balaban J connectivity index is 0.00000560. The molecule has 7 heteroatoms. The van der Waals surface area contributed by atoms with Gasteiger partial charge in [0.25, 0.3) is 0 Å². The van der Waals surface area contributed by atoms with Crippen LogP contribution in [0.3, 0.4) is 0 Å². The summed E-state index contributed by atoms with van der Waals surface area (Å²) in [6.45, 7) is 3.80. The standard InChI is InChI=1S/C33H48N2O3S.BrH/c1-3-4-5-6-7-8-9-10-11-12-13-14-21-38-31-19-18-28(24-32(31)37-2)25-33(36)34-30-17-15-16-29(23-30)26-35-20-22-39-27-35;/h15-20,22-24H,3-14,21,25-27H2,1-2H3,(H,34,36);1H. The van der Waals surface area contributed by atoms with E-state index in [4.69, 9.17) is 9.47 Å². The minimum atomic E-state index is -0.0454. The second-order valence-electron chi connectivity index (χ2n) is 10.5. The first kappa shape index (κ1) is 34.1. The smallest absolute Gasteiger partial charge is 0.228 e. The first-order valence-electron chi connectivity index (χ1n) is 14.9. The van der Waals surface area contributed by atoms with E-state index in [2.05, 4.69) is 34.8 Å². The van der Waals surface area contributed by atoms with Gasteiger partial charge in [-0.05, 0) is 47.2 Å². The molecule has 5 nitrogen and oxygen atoms in total. The fourth-order valence-electron chi connectivity index (χ4n) is 4.85. The maximum absolute atomic E-state index is 12.7. The fourth-order valence-corrected chi connectivity index (χ4v) is 5.56. The number of thioether (sulfide) groups is 1. The van der Waals surface area contributed by atoms with Crippen LogP contribution in [0.4, 0.5) is 5.69 Å². The van der Waals surface area contributed by atoms with Crippen LogP contribution in [0.1, 0.15) is 95.1 Å². The highest BCUT2D eigenvalue weighted by molar-refractivity contribution is 8.93. The molecule has 0 bridgehead atoms. The number of hydrogen-bond donors (Lipinski definition) is 1. The monoisotopic (exact) mass is 632 g/mol. The van der Waals surface area contributed by atoms with E-state index >= 15 is 0 Å². The number of ether oxygens (including phenoxy) is 2. The van der Waals surface area contributed by atoms with Crippen LogP contribution in [0, 0.1) is 0 Å². The third-order valence-corrected chi connectivity index (χ3v) is 7.85. The molecular weight excluding hydrogens is 584 g/mol. The first-order valence-corrected chi connectivity index (χ1v) is 15.9. The summed E-state index contributed by atoms with van der Waals surface area (Å²) in [7, 11) is 1.65. The van der Waals surface area contributed by atoms with Gasteiger partial charge in [-0.1, -0.05) is 95.8 Å². The molecule has 222 valence electrons. The summed E-state index contributed by atoms with van der Waals surface area (Å²) in [4.78, 5) is 15.0. The summed E-state index contributed by atoms with van der Waals surface area (Å²) in [5.74, 6) is 2.35. The molecule has 0 spiro atoms. The topological polar surface area (TPSA) is 50.8 Å². The van der Waals surface area contributed by atoms with E-state index in [9.17, 15) is 4.79 Å². The van der Waals surface area contributed by atoms with Gasteiger partial charge in [0.15, 0.2) is 11.5 Å². The number of unbranched alkanes of at least 4 members (excludes halogenated alkanes) is 11. The zero-order valence-corrected chi connectivity index (χ0v) is 27.0. The second kappa shape index (κ2) is 20.7. The summed E-state index contributed by atoms with van der Waals surface area (Å²) in [5.41, 5.74) is 2.90. The number of rotatable bonds is 20. The molecule has 0 saturated carbocycles. The van der Waals surface area contributed by atoms with Crippen LogP contribution < -0.4 is 14.8 Å². The van der Waals surface area contributed by atoms with Crippen molar-refractivity contribution in [3.8, 4) is 11.5 Å². The van der Waals surface area contributed by atoms with Crippen molar-refractivity contribution in [3.05, 3.63) is 65.2 Å². The van der Waals surface area contributed by atoms with Crippen molar-refractivity contribution in [1.82, 2.24) is 4.90 Å². The molecule has 2 aromatic carbocycles. The summed E-state index contributed by atoms with van der Waals surface area (Å²) < 4.78 is 11.6. The SMILES string of the molecule is Br.CCCCCCCCCCCCCCOc1ccc(CC(=O)Nc2cccc(CN3C=CSC3)c2)cc1OC. The maximum Gasteiger partial charge on any atom is 0.228 e. The van der Waals surface area contributed by atoms with E-state index in [1.165, 1.54) is 76.2 Å². The van der Waals surface area contributed by atoms with Crippen LogP contribution in [0.15, 0.2) is 54.1 Å². The molecule has 2 aromatic rings. The highest BCUT2D eigenvalue weighted by atomic mass is 79.9. The Morgan fingerprint density at radius 3 is 2.23 bits per heavy atom. The lowest BCUT2D eigenvalue weighted by molar-refractivity contribution is -0.115. The quantitative estimate of drug-likeness (QED) is 0.147.